The maximum absolute atomic E-state index is 3.84. The summed E-state index contributed by atoms with van der Waals surface area (Å²) in [5.74, 6) is 0.843. The van der Waals surface area contributed by atoms with Crippen molar-refractivity contribution in [3.63, 3.8) is 0 Å². The quantitative estimate of drug-likeness (QED) is 0.677. The summed E-state index contributed by atoms with van der Waals surface area (Å²) in [5, 5.41) is 0. The van der Waals surface area contributed by atoms with Crippen LogP contribution in [0.25, 0.3) is 0 Å². The molecule has 0 aliphatic heterocycles. The van der Waals surface area contributed by atoms with E-state index in [0.717, 1.165) is 12.3 Å². The van der Waals surface area contributed by atoms with E-state index in [1.807, 2.05) is 0 Å². The number of unbranched alkanes of at least 4 members (excludes halogenated alkanes) is 1. The molecule has 0 aromatic rings. The Morgan fingerprint density at radius 2 is 2.00 bits per heavy atom. The third-order valence-corrected chi connectivity index (χ3v) is 1.54. The van der Waals surface area contributed by atoms with Crippen molar-refractivity contribution in [3.8, 4) is 0 Å². The summed E-state index contributed by atoms with van der Waals surface area (Å²) in [6.07, 6.45) is 5.15. The van der Waals surface area contributed by atoms with Crippen LogP contribution in [0, 0.1) is 12.8 Å². The van der Waals surface area contributed by atoms with Gasteiger partial charge in [-0.05, 0) is 0 Å². The summed E-state index contributed by atoms with van der Waals surface area (Å²) in [7, 11) is 0. The normalized spacial score (nSPS) is 12.3. The predicted molar refractivity (Wildman–Crippen MR) is 38.7 cm³/mol. The van der Waals surface area contributed by atoms with E-state index in [-0.39, 0.29) is 0 Å². The molecule has 0 heterocycles. The molecule has 0 bridgehead atoms. The maximum atomic E-state index is 3.84. The van der Waals surface area contributed by atoms with E-state index in [1.54, 1.807) is 0 Å². The molecule has 0 aliphatic rings. The van der Waals surface area contributed by atoms with Gasteiger partial charge in [0, 0.05) is 0 Å². The average molecular weight is 360 g/mol. The molecule has 0 fully saturated rings. The molecule has 1 atom stereocenters. The van der Waals surface area contributed by atoms with Gasteiger partial charge in [0.25, 0.3) is 0 Å². The fraction of sp³-hybridized carbons (Fsp3) is 0.875. The van der Waals surface area contributed by atoms with Crippen LogP contribution < -0.4 is 0 Å². The first-order valence-electron chi connectivity index (χ1n) is 3.60. The molecule has 9 heavy (non-hydrogen) atoms. The number of rotatable bonds is 4. The minimum atomic E-state index is 0. The van der Waals surface area contributed by atoms with Crippen molar-refractivity contribution >= 4 is 0 Å². The fourth-order valence-electron chi connectivity index (χ4n) is 0.697. The second kappa shape index (κ2) is 7.00. The zero-order valence-corrected chi connectivity index (χ0v) is 9.41. The molecular formula is C8H17Cm-. The van der Waals surface area contributed by atoms with Gasteiger partial charge >= 0.3 is 0 Å². The number of hydrogen-bond donors (Lipinski definition) is 0. The monoisotopic (exact) mass is 356 g/mol. The van der Waals surface area contributed by atoms with Crippen LogP contribution in [0.3, 0.4) is 0 Å². The van der Waals surface area contributed by atoms with Crippen LogP contribution in [-0.2, 0) is 0 Å². The van der Waals surface area contributed by atoms with Crippen LogP contribution in [0.4, 0.5) is 0 Å². The van der Waals surface area contributed by atoms with Crippen molar-refractivity contribution in [1.29, 1.82) is 0 Å². The van der Waals surface area contributed by atoms with E-state index in [9.17, 15) is 0 Å². The zero-order valence-electron chi connectivity index (χ0n) is 6.47. The molecule has 0 radical (unpaired) electrons. The Balaban J connectivity index is 0. The summed E-state index contributed by atoms with van der Waals surface area (Å²) in [6, 6.07) is 0. The van der Waals surface area contributed by atoms with Crippen LogP contribution in [0.15, 0.2) is 0 Å². The van der Waals surface area contributed by atoms with Gasteiger partial charge < -0.3 is 6.92 Å². The standard InChI is InChI=1S/C8H17.Cm/c1-4-6-7-8(3)5-2;/h8H,2,4-7H2,1,3H3;/q-1;. The van der Waals surface area contributed by atoms with E-state index in [4.69, 9.17) is 0 Å². The molecule has 0 nitrogen and oxygen atoms in total. The number of hydrogen-bond acceptors (Lipinski definition) is 0. The van der Waals surface area contributed by atoms with Crippen LogP contribution >= 0.6 is 0 Å². The molecule has 0 saturated heterocycles. The molecule has 0 saturated carbocycles. The van der Waals surface area contributed by atoms with E-state index >= 15 is 0 Å². The summed E-state index contributed by atoms with van der Waals surface area (Å²) >= 11 is 0. The molecule has 0 amide bonds. The van der Waals surface area contributed by atoms with Crippen molar-refractivity contribution in [3.05, 3.63) is 6.92 Å². The van der Waals surface area contributed by atoms with Crippen LogP contribution in [0.2, 0.25) is 0 Å². The van der Waals surface area contributed by atoms with Crippen molar-refractivity contribution in [2.45, 2.75) is 39.5 Å². The van der Waals surface area contributed by atoms with Crippen molar-refractivity contribution < 1.29 is 0 Å². The SMILES string of the molecule is [CH2-]CC(C)CCCC.[Cm]. The van der Waals surface area contributed by atoms with Gasteiger partial charge in [-0.2, -0.15) is 6.42 Å². The van der Waals surface area contributed by atoms with Crippen molar-refractivity contribution in [2.75, 3.05) is 0 Å². The molecule has 0 aliphatic carbocycles. The maximum Gasteiger partial charge on any atom is 0 e. The molecule has 1 heteroatoms. The largest absolute Gasteiger partial charge is 0.343 e. The molecule has 0 aromatic carbocycles. The molecule has 1 unspecified atom stereocenters. The molecule has 0 spiro atoms. The summed E-state index contributed by atoms with van der Waals surface area (Å²) in [5.41, 5.74) is 0. The molecular weight excluding hydrogens is 343 g/mol. The zero-order chi connectivity index (χ0) is 6.41. The summed E-state index contributed by atoms with van der Waals surface area (Å²) in [6.45, 7) is 8.34. The predicted octanol–water partition coefficient (Wildman–Crippen LogP) is 3.04. The molecule has 0 N–H and O–H groups in total. The first-order chi connectivity index (χ1) is 3.81. The Morgan fingerprint density at radius 3 is 2.33 bits per heavy atom. The fourth-order valence-corrected chi connectivity index (χ4v) is 0.697. The minimum Gasteiger partial charge on any atom is -0.343 e. The first kappa shape index (κ1) is 10.9. The summed E-state index contributed by atoms with van der Waals surface area (Å²) < 4.78 is 0. The third kappa shape index (κ3) is 7.00. The smallest absolute Gasteiger partial charge is 0 e. The van der Waals surface area contributed by atoms with E-state index in [0.29, 0.717) is 0 Å². The average Bonchev–Trinajstić information content (AvgIpc) is 1.83. The Bertz CT molecular complexity index is 43.8. The first-order valence-corrected chi connectivity index (χ1v) is 3.60. The van der Waals surface area contributed by atoms with Crippen LogP contribution in [0.1, 0.15) is 39.5 Å². The topological polar surface area (TPSA) is 0 Å². The Morgan fingerprint density at radius 1 is 1.44 bits per heavy atom. The van der Waals surface area contributed by atoms with Gasteiger partial charge in [-0.1, -0.05) is 39.0 Å². The van der Waals surface area contributed by atoms with Gasteiger partial charge in [0.05, 0.1) is 0 Å². The van der Waals surface area contributed by atoms with Gasteiger partial charge in [-0.25, -0.2) is 0 Å². The third-order valence-electron chi connectivity index (χ3n) is 1.54. The molecule has 58 valence electrons. The molecule has 0 aromatic heterocycles. The van der Waals surface area contributed by atoms with Gasteiger partial charge in [0.2, 0.25) is 0 Å². The minimum absolute atomic E-state index is 0. The summed E-state index contributed by atoms with van der Waals surface area (Å²) in [4.78, 5) is 0. The van der Waals surface area contributed by atoms with E-state index < -0.39 is 0 Å². The second-order valence-corrected chi connectivity index (χ2v) is 2.54. The second-order valence-electron chi connectivity index (χ2n) is 2.54. The van der Waals surface area contributed by atoms with Gasteiger partial charge in [-0.3, -0.25) is 0 Å². The van der Waals surface area contributed by atoms with Gasteiger partial charge in [0.1, 0.15) is 0 Å². The Labute approximate surface area is 53.3 Å². The molecule has 0 rings (SSSR count). The van der Waals surface area contributed by atoms with E-state index in [2.05, 4.69) is 20.8 Å². The van der Waals surface area contributed by atoms with Gasteiger partial charge in [0.15, 0.2) is 0 Å². The Kier molecular flexibility index (Phi) is 8.47. The van der Waals surface area contributed by atoms with Crippen LogP contribution in [-0.4, -0.2) is 0 Å². The van der Waals surface area contributed by atoms with E-state index in [1.165, 1.54) is 19.3 Å². The Hall–Kier alpha value is -1.00. The van der Waals surface area contributed by atoms with Crippen LogP contribution in [0.5, 0.6) is 0 Å². The van der Waals surface area contributed by atoms with Crippen molar-refractivity contribution in [1.82, 2.24) is 0 Å². The van der Waals surface area contributed by atoms with Crippen molar-refractivity contribution in [2.24, 2.45) is 5.92 Å². The van der Waals surface area contributed by atoms with Gasteiger partial charge in [-0.15, -0.1) is 0 Å².